The van der Waals surface area contributed by atoms with E-state index >= 15 is 0 Å². The van der Waals surface area contributed by atoms with Crippen LogP contribution in [0.2, 0.25) is 0 Å². The molecular formula is C22H26N4O2. The number of H-pyrrole nitrogens is 1. The zero-order valence-electron chi connectivity index (χ0n) is 16.3. The van der Waals surface area contributed by atoms with Crippen molar-refractivity contribution < 1.29 is 9.90 Å². The molecule has 1 fully saturated rings. The van der Waals surface area contributed by atoms with E-state index in [1.165, 1.54) is 11.8 Å². The standard InChI is InChI=1S/C22H26N4O2/c1-15-9-11-26(13-16-6-4-3-5-7-16)14-19(15)25(2)20-17-8-10-23-21(17)24-12-18(20)22(27)28/h3-8,10,12,15,19H,9,11,13-14H2,1-2H3,(H,23,24)(H,27,28)/t15-,19+/m1/s1. The number of pyridine rings is 1. The third-order valence-electron chi connectivity index (χ3n) is 5.89. The van der Waals surface area contributed by atoms with Crippen molar-refractivity contribution in [2.24, 2.45) is 5.92 Å². The molecule has 2 N–H and O–H groups in total. The Kier molecular flexibility index (Phi) is 5.05. The minimum atomic E-state index is -0.943. The van der Waals surface area contributed by atoms with E-state index in [4.69, 9.17) is 0 Å². The number of likely N-dealkylation sites (tertiary alicyclic amines) is 1. The Balaban J connectivity index is 1.64. The zero-order valence-corrected chi connectivity index (χ0v) is 16.3. The van der Waals surface area contributed by atoms with Gasteiger partial charge in [-0.25, -0.2) is 9.78 Å². The number of piperidine rings is 1. The number of fused-ring (bicyclic) bond motifs is 1. The van der Waals surface area contributed by atoms with Gasteiger partial charge in [-0.1, -0.05) is 37.3 Å². The Morgan fingerprint density at radius 1 is 1.32 bits per heavy atom. The summed E-state index contributed by atoms with van der Waals surface area (Å²) in [6.45, 7) is 5.14. The lowest BCUT2D eigenvalue weighted by Gasteiger charge is -2.43. The first-order chi connectivity index (χ1) is 13.5. The van der Waals surface area contributed by atoms with Crippen LogP contribution in [0.4, 0.5) is 5.69 Å². The van der Waals surface area contributed by atoms with Gasteiger partial charge in [0.25, 0.3) is 0 Å². The van der Waals surface area contributed by atoms with Crippen molar-refractivity contribution in [2.45, 2.75) is 25.9 Å². The number of carboxylic acid groups (broad SMARTS) is 1. The van der Waals surface area contributed by atoms with Crippen molar-refractivity contribution in [3.63, 3.8) is 0 Å². The highest BCUT2D eigenvalue weighted by molar-refractivity contribution is 6.04. The molecule has 2 atom stereocenters. The maximum atomic E-state index is 11.9. The number of aromatic carboxylic acids is 1. The van der Waals surface area contributed by atoms with Crippen molar-refractivity contribution in [3.05, 3.63) is 59.9 Å². The molecule has 28 heavy (non-hydrogen) atoms. The maximum absolute atomic E-state index is 11.9. The molecule has 1 aromatic carbocycles. The summed E-state index contributed by atoms with van der Waals surface area (Å²) in [5.74, 6) is -0.470. The van der Waals surface area contributed by atoms with Gasteiger partial charge in [-0.05, 0) is 30.5 Å². The van der Waals surface area contributed by atoms with Gasteiger partial charge in [0, 0.05) is 44.0 Å². The molecule has 1 aliphatic heterocycles. The molecular weight excluding hydrogens is 352 g/mol. The number of aromatic nitrogens is 2. The largest absolute Gasteiger partial charge is 0.478 e. The number of anilines is 1. The van der Waals surface area contributed by atoms with E-state index in [9.17, 15) is 9.90 Å². The van der Waals surface area contributed by atoms with Gasteiger partial charge in [-0.2, -0.15) is 0 Å². The molecule has 0 bridgehead atoms. The molecule has 6 nitrogen and oxygen atoms in total. The SMILES string of the molecule is C[C@@H]1CCN(Cc2ccccc2)C[C@@H]1N(C)c1c(C(=O)O)cnc2[nH]ccc12. The van der Waals surface area contributed by atoms with E-state index in [0.29, 0.717) is 5.92 Å². The van der Waals surface area contributed by atoms with Crippen LogP contribution in [-0.2, 0) is 6.54 Å². The number of nitrogens with zero attached hydrogens (tertiary/aromatic N) is 3. The molecule has 0 spiro atoms. The molecule has 1 saturated heterocycles. The highest BCUT2D eigenvalue weighted by Gasteiger charge is 2.32. The normalized spacial score (nSPS) is 20.4. The number of hydrogen-bond donors (Lipinski definition) is 2. The number of carboxylic acids is 1. The van der Waals surface area contributed by atoms with Gasteiger partial charge in [0.1, 0.15) is 11.2 Å². The molecule has 6 heteroatoms. The Morgan fingerprint density at radius 2 is 2.11 bits per heavy atom. The fraction of sp³-hybridized carbons (Fsp3) is 0.364. The summed E-state index contributed by atoms with van der Waals surface area (Å²) in [7, 11) is 2.02. The quantitative estimate of drug-likeness (QED) is 0.710. The lowest BCUT2D eigenvalue weighted by atomic mass is 9.91. The van der Waals surface area contributed by atoms with Gasteiger partial charge in [0.05, 0.1) is 5.69 Å². The first-order valence-corrected chi connectivity index (χ1v) is 9.73. The van der Waals surface area contributed by atoms with E-state index in [-0.39, 0.29) is 11.6 Å². The Morgan fingerprint density at radius 3 is 2.86 bits per heavy atom. The number of rotatable bonds is 5. The Bertz CT molecular complexity index is 969. The second kappa shape index (κ2) is 7.64. The van der Waals surface area contributed by atoms with Crippen LogP contribution in [-0.4, -0.2) is 52.1 Å². The highest BCUT2D eigenvalue weighted by atomic mass is 16.4. The van der Waals surface area contributed by atoms with Crippen molar-refractivity contribution in [3.8, 4) is 0 Å². The van der Waals surface area contributed by atoms with Crippen LogP contribution in [0.1, 0.15) is 29.3 Å². The lowest BCUT2D eigenvalue weighted by molar-refractivity contribution is 0.0697. The number of hydrogen-bond acceptors (Lipinski definition) is 4. The van der Waals surface area contributed by atoms with Crippen LogP contribution in [0.3, 0.4) is 0 Å². The van der Waals surface area contributed by atoms with Gasteiger partial charge < -0.3 is 15.0 Å². The van der Waals surface area contributed by atoms with Crippen molar-refractivity contribution in [1.29, 1.82) is 0 Å². The Hall–Kier alpha value is -2.86. The molecule has 1 aliphatic rings. The first kappa shape index (κ1) is 18.5. The van der Waals surface area contributed by atoms with E-state index in [1.54, 1.807) is 0 Å². The van der Waals surface area contributed by atoms with E-state index in [2.05, 4.69) is 51.0 Å². The molecule has 3 heterocycles. The van der Waals surface area contributed by atoms with Crippen molar-refractivity contribution >= 4 is 22.7 Å². The Labute approximate surface area is 164 Å². The summed E-state index contributed by atoms with van der Waals surface area (Å²) in [6.07, 6.45) is 4.36. The van der Waals surface area contributed by atoms with Crippen LogP contribution in [0.5, 0.6) is 0 Å². The summed E-state index contributed by atoms with van der Waals surface area (Å²) < 4.78 is 0. The summed E-state index contributed by atoms with van der Waals surface area (Å²) in [5, 5.41) is 10.6. The fourth-order valence-electron chi connectivity index (χ4n) is 4.30. The zero-order chi connectivity index (χ0) is 19.7. The van der Waals surface area contributed by atoms with Crippen molar-refractivity contribution in [2.75, 3.05) is 25.0 Å². The maximum Gasteiger partial charge on any atom is 0.339 e. The lowest BCUT2D eigenvalue weighted by Crippen LogP contribution is -2.51. The van der Waals surface area contributed by atoms with Gasteiger partial charge >= 0.3 is 5.97 Å². The molecule has 0 radical (unpaired) electrons. The molecule has 4 rings (SSSR count). The van der Waals surface area contributed by atoms with Gasteiger partial charge in [0.15, 0.2) is 0 Å². The number of benzene rings is 1. The second-order valence-electron chi connectivity index (χ2n) is 7.73. The topological polar surface area (TPSA) is 72.5 Å². The minimum Gasteiger partial charge on any atom is -0.478 e. The van der Waals surface area contributed by atoms with Gasteiger partial charge in [-0.3, -0.25) is 4.90 Å². The molecule has 2 aromatic heterocycles. The van der Waals surface area contributed by atoms with Crippen LogP contribution in [0.15, 0.2) is 48.8 Å². The van der Waals surface area contributed by atoms with Gasteiger partial charge in [-0.15, -0.1) is 0 Å². The van der Waals surface area contributed by atoms with Crippen LogP contribution < -0.4 is 4.90 Å². The average Bonchev–Trinajstić information content (AvgIpc) is 3.17. The number of aromatic amines is 1. The molecule has 0 unspecified atom stereocenters. The smallest absolute Gasteiger partial charge is 0.339 e. The summed E-state index contributed by atoms with van der Waals surface area (Å²) >= 11 is 0. The average molecular weight is 378 g/mol. The highest BCUT2D eigenvalue weighted by Crippen LogP contribution is 2.33. The number of likely N-dealkylation sites (N-methyl/N-ethyl adjacent to an activating group) is 1. The predicted octanol–water partition coefficient (Wildman–Crippen LogP) is 3.61. The summed E-state index contributed by atoms with van der Waals surface area (Å²) in [4.78, 5) is 23.9. The van der Waals surface area contributed by atoms with E-state index in [0.717, 1.165) is 42.8 Å². The number of nitrogens with one attached hydrogen (secondary N) is 1. The monoisotopic (exact) mass is 378 g/mol. The second-order valence-corrected chi connectivity index (χ2v) is 7.73. The molecule has 0 aliphatic carbocycles. The fourth-order valence-corrected chi connectivity index (χ4v) is 4.30. The molecule has 0 amide bonds. The van der Waals surface area contributed by atoms with E-state index in [1.807, 2.05) is 25.4 Å². The summed E-state index contributed by atoms with van der Waals surface area (Å²) in [6, 6.07) is 12.6. The van der Waals surface area contributed by atoms with Crippen molar-refractivity contribution in [1.82, 2.24) is 14.9 Å². The third-order valence-corrected chi connectivity index (χ3v) is 5.89. The minimum absolute atomic E-state index is 0.232. The summed E-state index contributed by atoms with van der Waals surface area (Å²) in [5.41, 5.74) is 3.03. The van der Waals surface area contributed by atoms with Crippen LogP contribution in [0, 0.1) is 5.92 Å². The predicted molar refractivity (Wildman–Crippen MR) is 111 cm³/mol. The first-order valence-electron chi connectivity index (χ1n) is 9.73. The molecule has 3 aromatic rings. The van der Waals surface area contributed by atoms with Crippen LogP contribution >= 0.6 is 0 Å². The van der Waals surface area contributed by atoms with Crippen LogP contribution in [0.25, 0.3) is 11.0 Å². The van der Waals surface area contributed by atoms with E-state index < -0.39 is 5.97 Å². The molecule has 146 valence electrons. The number of carbonyl (C=O) groups is 1. The molecule has 0 saturated carbocycles. The van der Waals surface area contributed by atoms with Gasteiger partial charge in [0.2, 0.25) is 0 Å². The third kappa shape index (κ3) is 3.47.